The first-order valence-electron chi connectivity index (χ1n) is 14.8. The van der Waals surface area contributed by atoms with E-state index < -0.39 is 40.0 Å². The number of amides is 1. The molecule has 0 aliphatic carbocycles. The Labute approximate surface area is 232 Å². The fourth-order valence-electron chi connectivity index (χ4n) is 4.09. The highest BCUT2D eigenvalue weighted by molar-refractivity contribution is 7.85. The molecule has 8 heteroatoms. The third kappa shape index (κ3) is 23.6. The Morgan fingerprint density at radius 3 is 1.79 bits per heavy atom. The van der Waals surface area contributed by atoms with Crippen LogP contribution in [-0.2, 0) is 14.9 Å². The van der Waals surface area contributed by atoms with Crippen LogP contribution in [0.5, 0.6) is 0 Å². The van der Waals surface area contributed by atoms with Crippen LogP contribution in [-0.4, -0.2) is 53.1 Å². The van der Waals surface area contributed by atoms with Crippen LogP contribution in [0.15, 0.2) is 36.5 Å². The summed E-state index contributed by atoms with van der Waals surface area (Å²) in [6, 6.07) is -1.23. The molecule has 3 atom stereocenters. The highest BCUT2D eigenvalue weighted by Gasteiger charge is 2.27. The molecule has 0 aromatic carbocycles. The Hall–Kier alpha value is -1.48. The Kier molecular flexibility index (Phi) is 23.6. The van der Waals surface area contributed by atoms with Crippen molar-refractivity contribution in [3.8, 4) is 0 Å². The van der Waals surface area contributed by atoms with Crippen LogP contribution >= 0.6 is 0 Å². The van der Waals surface area contributed by atoms with Gasteiger partial charge in [0.1, 0.15) is 6.10 Å². The molecular formula is C30H55NO6S. The van der Waals surface area contributed by atoms with Gasteiger partial charge in [0.15, 0.2) is 0 Å². The SMILES string of the molecule is CCCCC/C=C\C=C/CCCCCCCC(O)C(=O)NC(CS(=O)(=O)O)C(O)/C=C/CCCCCCC. The maximum absolute atomic E-state index is 12.4. The number of hydrogen-bond acceptors (Lipinski definition) is 5. The first-order valence-corrected chi connectivity index (χ1v) is 16.4. The van der Waals surface area contributed by atoms with Gasteiger partial charge in [-0.1, -0.05) is 115 Å². The molecule has 0 saturated heterocycles. The third-order valence-electron chi connectivity index (χ3n) is 6.45. The topological polar surface area (TPSA) is 124 Å². The average molecular weight is 558 g/mol. The lowest BCUT2D eigenvalue weighted by molar-refractivity contribution is -0.130. The Bertz CT molecular complexity index is 763. The molecule has 4 N–H and O–H groups in total. The molecule has 0 aliphatic rings. The van der Waals surface area contributed by atoms with Crippen molar-refractivity contribution in [2.75, 3.05) is 5.75 Å². The summed E-state index contributed by atoms with van der Waals surface area (Å²) in [7, 11) is -4.43. The van der Waals surface area contributed by atoms with E-state index in [0.717, 1.165) is 70.6 Å². The minimum Gasteiger partial charge on any atom is -0.387 e. The van der Waals surface area contributed by atoms with Gasteiger partial charge < -0.3 is 15.5 Å². The van der Waals surface area contributed by atoms with Crippen LogP contribution < -0.4 is 5.32 Å². The van der Waals surface area contributed by atoms with Crippen LogP contribution in [0.3, 0.4) is 0 Å². The third-order valence-corrected chi connectivity index (χ3v) is 7.23. The summed E-state index contributed by atoms with van der Waals surface area (Å²) >= 11 is 0. The molecule has 0 rings (SSSR count). The summed E-state index contributed by atoms with van der Waals surface area (Å²) < 4.78 is 32.0. The zero-order chi connectivity index (χ0) is 28.5. The van der Waals surface area contributed by atoms with E-state index in [0.29, 0.717) is 6.42 Å². The van der Waals surface area contributed by atoms with E-state index in [-0.39, 0.29) is 6.42 Å². The van der Waals surface area contributed by atoms with Gasteiger partial charge in [-0.3, -0.25) is 9.35 Å². The first kappa shape index (κ1) is 36.5. The second-order valence-electron chi connectivity index (χ2n) is 10.2. The summed E-state index contributed by atoms with van der Waals surface area (Å²) in [5.74, 6) is -1.56. The molecule has 0 radical (unpaired) electrons. The van der Waals surface area contributed by atoms with Gasteiger partial charge in [0.25, 0.3) is 10.1 Å². The van der Waals surface area contributed by atoms with E-state index in [4.69, 9.17) is 0 Å². The molecule has 1 amide bonds. The minimum atomic E-state index is -4.43. The summed E-state index contributed by atoms with van der Waals surface area (Å²) in [5, 5.41) is 23.0. The quantitative estimate of drug-likeness (QED) is 0.0444. The second-order valence-corrected chi connectivity index (χ2v) is 11.7. The number of rotatable bonds is 25. The lowest BCUT2D eigenvalue weighted by atomic mass is 10.1. The smallest absolute Gasteiger partial charge is 0.267 e. The van der Waals surface area contributed by atoms with Gasteiger partial charge >= 0.3 is 0 Å². The van der Waals surface area contributed by atoms with Gasteiger partial charge in [-0.15, -0.1) is 0 Å². The normalized spacial score (nSPS) is 15.0. The number of carbonyl (C=O) groups is 1. The van der Waals surface area contributed by atoms with E-state index in [2.05, 4.69) is 43.5 Å². The Morgan fingerprint density at radius 2 is 1.21 bits per heavy atom. The van der Waals surface area contributed by atoms with E-state index in [9.17, 15) is 28.0 Å². The van der Waals surface area contributed by atoms with E-state index in [1.807, 2.05) is 0 Å². The van der Waals surface area contributed by atoms with Gasteiger partial charge in [-0.05, 0) is 44.9 Å². The largest absolute Gasteiger partial charge is 0.387 e. The van der Waals surface area contributed by atoms with Gasteiger partial charge in [-0.2, -0.15) is 8.42 Å². The zero-order valence-corrected chi connectivity index (χ0v) is 24.7. The molecule has 3 unspecified atom stereocenters. The van der Waals surface area contributed by atoms with Crippen molar-refractivity contribution in [2.45, 2.75) is 141 Å². The summed E-state index contributed by atoms with van der Waals surface area (Å²) in [6.07, 6.45) is 26.5. The van der Waals surface area contributed by atoms with Gasteiger partial charge in [0, 0.05) is 0 Å². The number of nitrogens with one attached hydrogen (secondary N) is 1. The lowest BCUT2D eigenvalue weighted by Crippen LogP contribution is -2.50. The fraction of sp³-hybridized carbons (Fsp3) is 0.767. The van der Waals surface area contributed by atoms with Crippen molar-refractivity contribution in [3.05, 3.63) is 36.5 Å². The number of aliphatic hydroxyl groups excluding tert-OH is 2. The Balaban J connectivity index is 4.24. The van der Waals surface area contributed by atoms with Crippen molar-refractivity contribution in [1.82, 2.24) is 5.32 Å². The molecule has 222 valence electrons. The molecule has 0 aliphatic heterocycles. The van der Waals surface area contributed by atoms with Gasteiger partial charge in [-0.25, -0.2) is 0 Å². The average Bonchev–Trinajstić information content (AvgIpc) is 2.86. The van der Waals surface area contributed by atoms with E-state index in [1.165, 1.54) is 31.8 Å². The molecular weight excluding hydrogens is 502 g/mol. The van der Waals surface area contributed by atoms with Gasteiger partial charge in [0.2, 0.25) is 5.91 Å². The molecule has 38 heavy (non-hydrogen) atoms. The van der Waals surface area contributed by atoms with Crippen molar-refractivity contribution < 1.29 is 28.0 Å². The molecule has 0 aromatic rings. The number of carbonyl (C=O) groups excluding carboxylic acids is 1. The van der Waals surface area contributed by atoms with Crippen LogP contribution in [0, 0.1) is 0 Å². The highest BCUT2D eigenvalue weighted by atomic mass is 32.2. The van der Waals surface area contributed by atoms with E-state index in [1.54, 1.807) is 6.08 Å². The van der Waals surface area contributed by atoms with Crippen LogP contribution in [0.1, 0.15) is 123 Å². The van der Waals surface area contributed by atoms with Crippen LogP contribution in [0.25, 0.3) is 0 Å². The molecule has 0 spiro atoms. The molecule has 0 heterocycles. The fourth-order valence-corrected chi connectivity index (χ4v) is 4.82. The lowest BCUT2D eigenvalue weighted by Gasteiger charge is -2.22. The van der Waals surface area contributed by atoms with Crippen LogP contribution in [0.2, 0.25) is 0 Å². The maximum atomic E-state index is 12.4. The number of hydrogen-bond donors (Lipinski definition) is 4. The predicted molar refractivity (Wildman–Crippen MR) is 158 cm³/mol. The highest BCUT2D eigenvalue weighted by Crippen LogP contribution is 2.11. The molecule has 0 aromatic heterocycles. The zero-order valence-electron chi connectivity index (χ0n) is 23.9. The summed E-state index contributed by atoms with van der Waals surface area (Å²) in [5.41, 5.74) is 0. The van der Waals surface area contributed by atoms with Crippen molar-refractivity contribution in [2.24, 2.45) is 0 Å². The molecule has 7 nitrogen and oxygen atoms in total. The first-order chi connectivity index (χ1) is 18.2. The molecule has 0 saturated carbocycles. The number of unbranched alkanes of at least 4 members (excludes halogenated alkanes) is 13. The second kappa shape index (κ2) is 24.6. The maximum Gasteiger partial charge on any atom is 0.267 e. The van der Waals surface area contributed by atoms with Crippen molar-refractivity contribution >= 4 is 16.0 Å². The Morgan fingerprint density at radius 1 is 0.737 bits per heavy atom. The summed E-state index contributed by atoms with van der Waals surface area (Å²) in [4.78, 5) is 12.4. The monoisotopic (exact) mass is 557 g/mol. The van der Waals surface area contributed by atoms with Crippen molar-refractivity contribution in [3.63, 3.8) is 0 Å². The minimum absolute atomic E-state index is 0.261. The predicted octanol–water partition coefficient (Wildman–Crippen LogP) is 6.42. The van der Waals surface area contributed by atoms with E-state index >= 15 is 0 Å². The summed E-state index contributed by atoms with van der Waals surface area (Å²) in [6.45, 7) is 4.35. The van der Waals surface area contributed by atoms with Gasteiger partial charge in [0.05, 0.1) is 17.9 Å². The molecule has 0 bridgehead atoms. The molecule has 0 fully saturated rings. The van der Waals surface area contributed by atoms with Crippen LogP contribution in [0.4, 0.5) is 0 Å². The standard InChI is InChI=1S/C30H55NO6S/c1-3-5-7-9-11-12-13-14-15-16-17-19-21-23-25-29(33)30(34)31-27(26-38(35,36)37)28(32)24-22-20-18-10-8-6-4-2/h11-14,22,24,27-29,32-33H,3-10,15-21,23,25-26H2,1-2H3,(H,31,34)(H,35,36,37)/b12-11-,14-13-,24-22+. The van der Waals surface area contributed by atoms with Crippen molar-refractivity contribution in [1.29, 1.82) is 0 Å². The number of allylic oxidation sites excluding steroid dienone is 5. The number of aliphatic hydroxyl groups is 2.